The molecular formula is C25H40N4O3S. The van der Waals surface area contributed by atoms with Crippen LogP contribution in [0.3, 0.4) is 0 Å². The third-order valence-electron chi connectivity index (χ3n) is 5.91. The number of anilines is 1. The molecule has 1 aromatic heterocycles. The molecule has 0 spiro atoms. The largest absolute Gasteiger partial charge is 0.350 e. The van der Waals surface area contributed by atoms with Crippen LogP contribution in [0.25, 0.3) is 0 Å². The number of carbonyl (C=O) groups is 1. The molecule has 0 aliphatic heterocycles. The molecule has 0 saturated heterocycles. The summed E-state index contributed by atoms with van der Waals surface area (Å²) in [5, 5.41) is 5.89. The molecule has 0 unspecified atom stereocenters. The average Bonchev–Trinajstić information content (AvgIpc) is 2.75. The summed E-state index contributed by atoms with van der Waals surface area (Å²) in [6.07, 6.45) is 9.08. The molecule has 0 saturated carbocycles. The fourth-order valence-electron chi connectivity index (χ4n) is 3.59. The zero-order valence-corrected chi connectivity index (χ0v) is 21.9. The zero-order chi connectivity index (χ0) is 24.8. The van der Waals surface area contributed by atoms with Crippen molar-refractivity contribution < 1.29 is 13.2 Å². The van der Waals surface area contributed by atoms with Crippen molar-refractivity contribution in [2.24, 2.45) is 5.41 Å². The topological polar surface area (TPSA) is 91.4 Å². The Labute approximate surface area is 199 Å². The molecule has 184 valence electrons. The zero-order valence-electron chi connectivity index (χ0n) is 21.1. The summed E-state index contributed by atoms with van der Waals surface area (Å²) in [7, 11) is -2.06. The molecule has 1 amide bonds. The molecule has 2 rings (SSSR count). The predicted octanol–water partition coefficient (Wildman–Crippen LogP) is 4.05. The van der Waals surface area contributed by atoms with Crippen LogP contribution in [-0.2, 0) is 10.0 Å². The number of allylic oxidation sites excluding steroid dienone is 2. The number of aromatic nitrogens is 1. The second kappa shape index (κ2) is 11.3. The minimum atomic E-state index is -3.51. The van der Waals surface area contributed by atoms with Crippen molar-refractivity contribution >= 4 is 21.7 Å². The number of hydrogen-bond acceptors (Lipinski definition) is 5. The normalized spacial score (nSPS) is 15.6. The van der Waals surface area contributed by atoms with E-state index in [0.29, 0.717) is 5.56 Å². The Bertz CT molecular complexity index is 991. The van der Waals surface area contributed by atoms with E-state index < -0.39 is 15.3 Å². The molecule has 0 aromatic carbocycles. The summed E-state index contributed by atoms with van der Waals surface area (Å²) in [6, 6.07) is 3.07. The first kappa shape index (κ1) is 27.1. The van der Waals surface area contributed by atoms with Crippen molar-refractivity contribution in [3.8, 4) is 0 Å². The molecule has 7 nitrogen and oxygen atoms in total. The van der Waals surface area contributed by atoms with Gasteiger partial charge in [0.25, 0.3) is 5.91 Å². The molecule has 1 heterocycles. The minimum absolute atomic E-state index is 0.0280. The fraction of sp³-hybridized carbons (Fsp3) is 0.600. The van der Waals surface area contributed by atoms with Gasteiger partial charge in [-0.15, -0.1) is 0 Å². The van der Waals surface area contributed by atoms with Crippen LogP contribution in [0.15, 0.2) is 41.6 Å². The molecule has 0 fully saturated rings. The van der Waals surface area contributed by atoms with Gasteiger partial charge in [0.2, 0.25) is 10.0 Å². The van der Waals surface area contributed by atoms with Gasteiger partial charge in [0.05, 0.1) is 5.25 Å². The van der Waals surface area contributed by atoms with Gasteiger partial charge in [0.1, 0.15) is 5.82 Å². The summed E-state index contributed by atoms with van der Waals surface area (Å²) in [4.78, 5) is 16.8. The molecule has 0 radical (unpaired) electrons. The molecule has 1 aliphatic rings. The number of sulfonamides is 1. The molecule has 1 aliphatic carbocycles. The van der Waals surface area contributed by atoms with Crippen LogP contribution in [0.2, 0.25) is 0 Å². The van der Waals surface area contributed by atoms with Crippen LogP contribution >= 0.6 is 0 Å². The first-order valence-electron chi connectivity index (χ1n) is 11.7. The SMILES string of the molecule is CC(C)S(=O)(=O)N(C)c1cc(C(=O)N[C@@H](C)CCNCC2=CCCC(C(C)(C)C)=C2)ccn1. The summed E-state index contributed by atoms with van der Waals surface area (Å²) in [5.74, 6) is -0.0108. The molecular weight excluding hydrogens is 436 g/mol. The maximum atomic E-state index is 12.7. The first-order chi connectivity index (χ1) is 15.3. The highest BCUT2D eigenvalue weighted by molar-refractivity contribution is 7.93. The predicted molar refractivity (Wildman–Crippen MR) is 136 cm³/mol. The van der Waals surface area contributed by atoms with Gasteiger partial charge in [-0.25, -0.2) is 13.4 Å². The van der Waals surface area contributed by atoms with E-state index in [9.17, 15) is 13.2 Å². The van der Waals surface area contributed by atoms with Crippen LogP contribution in [-0.4, -0.2) is 50.7 Å². The Kier molecular flexibility index (Phi) is 9.26. The molecule has 8 heteroatoms. The van der Waals surface area contributed by atoms with E-state index in [1.807, 2.05) is 6.92 Å². The summed E-state index contributed by atoms with van der Waals surface area (Å²) in [6.45, 7) is 13.6. The van der Waals surface area contributed by atoms with Gasteiger partial charge < -0.3 is 10.6 Å². The number of amides is 1. The average molecular weight is 477 g/mol. The Morgan fingerprint density at radius 3 is 2.58 bits per heavy atom. The monoisotopic (exact) mass is 476 g/mol. The van der Waals surface area contributed by atoms with Gasteiger partial charge in [0.15, 0.2) is 0 Å². The Hall–Kier alpha value is -2.19. The molecule has 2 N–H and O–H groups in total. The highest BCUT2D eigenvalue weighted by Crippen LogP contribution is 2.32. The number of carbonyl (C=O) groups excluding carboxylic acids is 1. The van der Waals surface area contributed by atoms with E-state index in [4.69, 9.17) is 0 Å². The minimum Gasteiger partial charge on any atom is -0.350 e. The van der Waals surface area contributed by atoms with E-state index in [-0.39, 0.29) is 23.2 Å². The van der Waals surface area contributed by atoms with Crippen molar-refractivity contribution in [1.82, 2.24) is 15.6 Å². The van der Waals surface area contributed by atoms with Crippen molar-refractivity contribution in [2.75, 3.05) is 24.4 Å². The van der Waals surface area contributed by atoms with Crippen molar-refractivity contribution in [3.63, 3.8) is 0 Å². The second-order valence-corrected chi connectivity index (χ2v) is 12.6. The number of rotatable bonds is 10. The molecule has 1 aromatic rings. The quantitative estimate of drug-likeness (QED) is 0.497. The smallest absolute Gasteiger partial charge is 0.251 e. The number of nitrogens with one attached hydrogen (secondary N) is 2. The van der Waals surface area contributed by atoms with E-state index in [0.717, 1.165) is 36.7 Å². The number of hydrogen-bond donors (Lipinski definition) is 2. The Morgan fingerprint density at radius 1 is 1.24 bits per heavy atom. The summed E-state index contributed by atoms with van der Waals surface area (Å²) >= 11 is 0. The third kappa shape index (κ3) is 7.67. The molecule has 33 heavy (non-hydrogen) atoms. The van der Waals surface area contributed by atoms with E-state index in [1.54, 1.807) is 19.9 Å². The number of nitrogens with zero attached hydrogens (tertiary/aromatic N) is 2. The Morgan fingerprint density at radius 2 is 1.94 bits per heavy atom. The van der Waals surface area contributed by atoms with Crippen molar-refractivity contribution in [1.29, 1.82) is 0 Å². The van der Waals surface area contributed by atoms with Gasteiger partial charge in [-0.05, 0) is 69.7 Å². The maximum absolute atomic E-state index is 12.7. The van der Waals surface area contributed by atoms with Gasteiger partial charge in [0, 0.05) is 31.4 Å². The van der Waals surface area contributed by atoms with Gasteiger partial charge in [-0.1, -0.05) is 38.5 Å². The highest BCUT2D eigenvalue weighted by Gasteiger charge is 2.24. The third-order valence-corrected chi connectivity index (χ3v) is 8.05. The fourth-order valence-corrected chi connectivity index (χ4v) is 4.58. The van der Waals surface area contributed by atoms with Gasteiger partial charge in [-0.2, -0.15) is 0 Å². The lowest BCUT2D eigenvalue weighted by Gasteiger charge is -2.26. The molecule has 0 bridgehead atoms. The standard InChI is InChI=1S/C25H40N4O3S/c1-18(2)33(31,32)29(7)23-16-21(12-14-27-23)24(30)28-19(3)11-13-26-17-20-9-8-10-22(15-20)25(4,5)6/h9,12,14-16,18-19,26H,8,10-11,13,17H2,1-7H3,(H,28,30)/t19-/m0/s1. The van der Waals surface area contributed by atoms with Crippen LogP contribution in [0.5, 0.6) is 0 Å². The lowest BCUT2D eigenvalue weighted by atomic mass is 9.80. The maximum Gasteiger partial charge on any atom is 0.251 e. The summed E-state index contributed by atoms with van der Waals surface area (Å²) in [5.41, 5.74) is 3.41. The molecule has 1 atom stereocenters. The Balaban J connectivity index is 1.85. The van der Waals surface area contributed by atoms with Gasteiger partial charge in [-0.3, -0.25) is 9.10 Å². The van der Waals surface area contributed by atoms with Crippen molar-refractivity contribution in [2.45, 2.75) is 72.1 Å². The van der Waals surface area contributed by atoms with Crippen LogP contribution in [0.4, 0.5) is 5.82 Å². The lowest BCUT2D eigenvalue weighted by molar-refractivity contribution is 0.0938. The highest BCUT2D eigenvalue weighted by atomic mass is 32.2. The van der Waals surface area contributed by atoms with Crippen molar-refractivity contribution in [3.05, 3.63) is 47.2 Å². The number of pyridine rings is 1. The summed E-state index contributed by atoms with van der Waals surface area (Å²) < 4.78 is 25.9. The first-order valence-corrected chi connectivity index (χ1v) is 13.2. The van der Waals surface area contributed by atoms with Crippen LogP contribution < -0.4 is 14.9 Å². The van der Waals surface area contributed by atoms with Crippen LogP contribution in [0, 0.1) is 5.41 Å². The van der Waals surface area contributed by atoms with E-state index >= 15 is 0 Å². The van der Waals surface area contributed by atoms with E-state index in [2.05, 4.69) is 48.5 Å². The second-order valence-electron chi connectivity index (χ2n) is 10.0. The lowest BCUT2D eigenvalue weighted by Crippen LogP contribution is -2.36. The van der Waals surface area contributed by atoms with E-state index in [1.165, 1.54) is 30.5 Å². The van der Waals surface area contributed by atoms with Crippen LogP contribution in [0.1, 0.15) is 71.2 Å². The van der Waals surface area contributed by atoms with Gasteiger partial charge >= 0.3 is 0 Å².